The van der Waals surface area contributed by atoms with E-state index in [-0.39, 0.29) is 22.8 Å². The number of hydrogen-bond donors (Lipinski definition) is 3. The number of hydrogen-bond acceptors (Lipinski definition) is 8. The van der Waals surface area contributed by atoms with Crippen molar-refractivity contribution in [3.63, 3.8) is 0 Å². The zero-order valence-electron chi connectivity index (χ0n) is 14.6. The average molecular weight is 411 g/mol. The smallest absolute Gasteiger partial charge is 0.342 e. The minimum absolute atomic E-state index is 0.0222. The van der Waals surface area contributed by atoms with Gasteiger partial charge in [0.1, 0.15) is 17.1 Å². The Labute approximate surface area is 159 Å². The van der Waals surface area contributed by atoms with E-state index in [1.165, 1.54) is 19.4 Å². The fraction of sp³-hybridized carbons (Fsp3) is 0.188. The van der Waals surface area contributed by atoms with E-state index in [0.29, 0.717) is 5.76 Å². The number of nitrogens with one attached hydrogen (secondary N) is 2. The van der Waals surface area contributed by atoms with Crippen LogP contribution in [0.3, 0.4) is 0 Å². The van der Waals surface area contributed by atoms with Crippen molar-refractivity contribution in [2.75, 3.05) is 13.7 Å². The maximum Gasteiger partial charge on any atom is 0.342 e. The Morgan fingerprint density at radius 2 is 1.96 bits per heavy atom. The molecule has 0 spiro atoms. The normalized spacial score (nSPS) is 10.8. The van der Waals surface area contributed by atoms with Crippen LogP contribution in [0.4, 0.5) is 4.79 Å². The van der Waals surface area contributed by atoms with Crippen molar-refractivity contribution >= 4 is 27.9 Å². The van der Waals surface area contributed by atoms with Gasteiger partial charge in [0.25, 0.3) is 5.91 Å². The molecule has 150 valence electrons. The van der Waals surface area contributed by atoms with Crippen LogP contribution in [0.25, 0.3) is 0 Å². The molecule has 12 heteroatoms. The SMILES string of the molecule is COc1ccc(S(N)(=O)=O)cc1C(=O)OCC(=O)NC(=O)NCc1ccco1. The van der Waals surface area contributed by atoms with Crippen molar-refractivity contribution in [2.45, 2.75) is 11.4 Å². The van der Waals surface area contributed by atoms with Gasteiger partial charge in [0, 0.05) is 0 Å². The van der Waals surface area contributed by atoms with Crippen molar-refractivity contribution in [1.82, 2.24) is 10.6 Å². The quantitative estimate of drug-likeness (QED) is 0.540. The maximum absolute atomic E-state index is 12.1. The highest BCUT2D eigenvalue weighted by Crippen LogP contribution is 2.22. The number of urea groups is 1. The second-order valence-electron chi connectivity index (χ2n) is 5.29. The first-order valence-corrected chi connectivity index (χ1v) is 9.23. The first kappa shape index (κ1) is 20.9. The summed E-state index contributed by atoms with van der Waals surface area (Å²) in [5.41, 5.74) is -0.246. The van der Waals surface area contributed by atoms with Crippen LogP contribution in [-0.4, -0.2) is 40.0 Å². The van der Waals surface area contributed by atoms with E-state index < -0.39 is 34.5 Å². The number of nitrogens with two attached hydrogens (primary N) is 1. The number of carbonyl (C=O) groups excluding carboxylic acids is 3. The predicted molar refractivity (Wildman–Crippen MR) is 93.7 cm³/mol. The molecule has 0 saturated carbocycles. The monoisotopic (exact) mass is 411 g/mol. The lowest BCUT2D eigenvalue weighted by Gasteiger charge is -2.10. The molecule has 28 heavy (non-hydrogen) atoms. The number of methoxy groups -OCH3 is 1. The fourth-order valence-electron chi connectivity index (χ4n) is 2.02. The molecule has 2 aromatic rings. The van der Waals surface area contributed by atoms with E-state index in [2.05, 4.69) is 5.32 Å². The van der Waals surface area contributed by atoms with Crippen LogP contribution in [0.1, 0.15) is 16.1 Å². The minimum Gasteiger partial charge on any atom is -0.496 e. The molecular weight excluding hydrogens is 394 g/mol. The van der Waals surface area contributed by atoms with Gasteiger partial charge in [-0.15, -0.1) is 0 Å². The van der Waals surface area contributed by atoms with Crippen molar-refractivity contribution in [2.24, 2.45) is 5.14 Å². The molecule has 0 fully saturated rings. The number of sulfonamides is 1. The number of carbonyl (C=O) groups is 3. The number of ether oxygens (including phenoxy) is 2. The van der Waals surface area contributed by atoms with E-state index in [0.717, 1.165) is 12.1 Å². The lowest BCUT2D eigenvalue weighted by atomic mass is 10.2. The Hall–Kier alpha value is -3.38. The highest BCUT2D eigenvalue weighted by molar-refractivity contribution is 7.89. The minimum atomic E-state index is -4.06. The summed E-state index contributed by atoms with van der Waals surface area (Å²) in [4.78, 5) is 35.1. The van der Waals surface area contributed by atoms with Gasteiger partial charge in [-0.2, -0.15) is 0 Å². The van der Waals surface area contributed by atoms with E-state index in [1.54, 1.807) is 12.1 Å². The summed E-state index contributed by atoms with van der Waals surface area (Å²) in [5, 5.41) is 9.35. The second-order valence-corrected chi connectivity index (χ2v) is 6.85. The van der Waals surface area contributed by atoms with Crippen molar-refractivity contribution in [3.05, 3.63) is 47.9 Å². The Morgan fingerprint density at radius 1 is 1.21 bits per heavy atom. The summed E-state index contributed by atoms with van der Waals surface area (Å²) >= 11 is 0. The van der Waals surface area contributed by atoms with Crippen LogP contribution in [-0.2, 0) is 26.1 Å². The molecule has 0 bridgehead atoms. The topological polar surface area (TPSA) is 167 Å². The summed E-state index contributed by atoms with van der Waals surface area (Å²) in [7, 11) is -2.80. The predicted octanol–water partition coefficient (Wildman–Crippen LogP) is 0.118. The van der Waals surface area contributed by atoms with E-state index >= 15 is 0 Å². The number of amides is 3. The molecule has 0 saturated heterocycles. The van der Waals surface area contributed by atoms with Crippen molar-refractivity contribution in [3.8, 4) is 5.75 Å². The average Bonchev–Trinajstić information content (AvgIpc) is 3.16. The Balaban J connectivity index is 1.92. The van der Waals surface area contributed by atoms with Gasteiger partial charge in [-0.05, 0) is 30.3 Å². The first-order valence-electron chi connectivity index (χ1n) is 7.68. The third-order valence-electron chi connectivity index (χ3n) is 3.31. The van der Waals surface area contributed by atoms with Gasteiger partial charge in [-0.1, -0.05) is 0 Å². The molecule has 0 unspecified atom stereocenters. The van der Waals surface area contributed by atoms with E-state index in [4.69, 9.17) is 19.0 Å². The fourth-order valence-corrected chi connectivity index (χ4v) is 2.56. The number of imide groups is 1. The molecule has 11 nitrogen and oxygen atoms in total. The van der Waals surface area contributed by atoms with Crippen LogP contribution < -0.4 is 20.5 Å². The van der Waals surface area contributed by atoms with Gasteiger partial charge < -0.3 is 19.2 Å². The molecule has 2 rings (SSSR count). The molecular formula is C16H17N3O8S. The summed E-state index contributed by atoms with van der Waals surface area (Å²) < 4.78 is 37.6. The molecule has 3 amide bonds. The molecule has 0 aliphatic carbocycles. The second kappa shape index (κ2) is 9.01. The van der Waals surface area contributed by atoms with Gasteiger partial charge >= 0.3 is 12.0 Å². The van der Waals surface area contributed by atoms with E-state index in [9.17, 15) is 22.8 Å². The lowest BCUT2D eigenvalue weighted by molar-refractivity contribution is -0.123. The van der Waals surface area contributed by atoms with Gasteiger partial charge in [-0.25, -0.2) is 23.1 Å². The highest BCUT2D eigenvalue weighted by atomic mass is 32.2. The zero-order valence-corrected chi connectivity index (χ0v) is 15.4. The number of primary sulfonamides is 1. The third-order valence-corrected chi connectivity index (χ3v) is 4.22. The van der Waals surface area contributed by atoms with Crippen molar-refractivity contribution < 1.29 is 36.7 Å². The van der Waals surface area contributed by atoms with Gasteiger partial charge in [-0.3, -0.25) is 10.1 Å². The molecule has 1 heterocycles. The van der Waals surface area contributed by atoms with Gasteiger partial charge in [0.05, 0.1) is 24.8 Å². The van der Waals surface area contributed by atoms with Crippen LogP contribution in [0, 0.1) is 0 Å². The summed E-state index contributed by atoms with van der Waals surface area (Å²) in [6.45, 7) is -0.723. The summed E-state index contributed by atoms with van der Waals surface area (Å²) in [6, 6.07) is 5.79. The van der Waals surface area contributed by atoms with Crippen molar-refractivity contribution in [1.29, 1.82) is 0 Å². The molecule has 0 aliphatic heterocycles. The maximum atomic E-state index is 12.1. The third kappa shape index (κ3) is 5.82. The molecule has 0 aliphatic rings. The Kier molecular flexibility index (Phi) is 6.74. The number of benzene rings is 1. The Morgan fingerprint density at radius 3 is 2.57 bits per heavy atom. The lowest BCUT2D eigenvalue weighted by Crippen LogP contribution is -2.41. The molecule has 1 aromatic heterocycles. The molecule has 1 aromatic carbocycles. The number of furan rings is 1. The van der Waals surface area contributed by atoms with Crippen LogP contribution in [0.15, 0.2) is 45.9 Å². The van der Waals surface area contributed by atoms with Crippen LogP contribution >= 0.6 is 0 Å². The highest BCUT2D eigenvalue weighted by Gasteiger charge is 2.20. The molecule has 0 radical (unpaired) electrons. The van der Waals surface area contributed by atoms with Gasteiger partial charge in [0.15, 0.2) is 6.61 Å². The molecule has 0 atom stereocenters. The summed E-state index contributed by atoms with van der Waals surface area (Å²) in [6.07, 6.45) is 1.43. The van der Waals surface area contributed by atoms with Gasteiger partial charge in [0.2, 0.25) is 10.0 Å². The summed E-state index contributed by atoms with van der Waals surface area (Å²) in [5.74, 6) is -1.43. The number of rotatable bonds is 7. The first-order chi connectivity index (χ1) is 13.2. The van der Waals surface area contributed by atoms with Crippen LogP contribution in [0.2, 0.25) is 0 Å². The molecule has 4 N–H and O–H groups in total. The van der Waals surface area contributed by atoms with Crippen LogP contribution in [0.5, 0.6) is 5.75 Å². The standard InChI is InChI=1S/C16H17N3O8S/c1-25-13-5-4-11(28(17,23)24)7-12(13)15(21)27-9-14(20)19-16(22)18-8-10-3-2-6-26-10/h2-7H,8-9H2,1H3,(H2,17,23,24)(H2,18,19,20,22). The largest absolute Gasteiger partial charge is 0.496 e. The number of esters is 1. The Bertz CT molecular complexity index is 970. The van der Waals surface area contributed by atoms with E-state index in [1.807, 2.05) is 5.32 Å². The zero-order chi connectivity index (χ0) is 20.7.